The van der Waals surface area contributed by atoms with Crippen molar-refractivity contribution in [3.63, 3.8) is 0 Å². The standard InChI is InChI=1S/C10H17N/c1-9-3-5-10(6-4-9)7-8-11-2/h9-10H,3-8H2,1H3. The van der Waals surface area contributed by atoms with E-state index in [4.69, 9.17) is 6.57 Å². The van der Waals surface area contributed by atoms with E-state index in [0.717, 1.165) is 24.8 Å². The van der Waals surface area contributed by atoms with Gasteiger partial charge in [-0.1, -0.05) is 19.8 Å². The molecule has 1 aliphatic rings. The van der Waals surface area contributed by atoms with E-state index in [2.05, 4.69) is 11.8 Å². The van der Waals surface area contributed by atoms with Gasteiger partial charge < -0.3 is 4.85 Å². The molecule has 1 fully saturated rings. The van der Waals surface area contributed by atoms with Crippen LogP contribution in [0.5, 0.6) is 0 Å². The molecule has 0 heterocycles. The van der Waals surface area contributed by atoms with Crippen molar-refractivity contribution in [1.82, 2.24) is 0 Å². The van der Waals surface area contributed by atoms with Crippen molar-refractivity contribution in [1.29, 1.82) is 0 Å². The zero-order valence-corrected chi connectivity index (χ0v) is 7.34. The molecule has 0 aromatic rings. The Bertz CT molecular complexity index is 137. The maximum absolute atomic E-state index is 6.69. The predicted molar refractivity (Wildman–Crippen MR) is 47.2 cm³/mol. The lowest BCUT2D eigenvalue weighted by Crippen LogP contribution is -2.12. The average Bonchev–Trinajstić information content (AvgIpc) is 2.04. The average molecular weight is 151 g/mol. The first-order valence-corrected chi connectivity index (χ1v) is 4.66. The third-order valence-electron chi connectivity index (χ3n) is 2.78. The third-order valence-corrected chi connectivity index (χ3v) is 2.78. The van der Waals surface area contributed by atoms with E-state index in [1.54, 1.807) is 0 Å². The second kappa shape index (κ2) is 4.38. The van der Waals surface area contributed by atoms with Crippen molar-refractivity contribution in [3.8, 4) is 0 Å². The molecular weight excluding hydrogens is 134 g/mol. The van der Waals surface area contributed by atoms with Gasteiger partial charge in [0.25, 0.3) is 0 Å². The van der Waals surface area contributed by atoms with Gasteiger partial charge in [-0.2, -0.15) is 0 Å². The fraction of sp³-hybridized carbons (Fsp3) is 0.900. The Labute approximate surface area is 69.6 Å². The molecule has 11 heavy (non-hydrogen) atoms. The van der Waals surface area contributed by atoms with Crippen LogP contribution in [0.15, 0.2) is 0 Å². The minimum atomic E-state index is 0.749. The van der Waals surface area contributed by atoms with Crippen LogP contribution in [-0.2, 0) is 0 Å². The van der Waals surface area contributed by atoms with Gasteiger partial charge >= 0.3 is 0 Å². The van der Waals surface area contributed by atoms with Crippen LogP contribution in [-0.4, -0.2) is 6.54 Å². The lowest BCUT2D eigenvalue weighted by atomic mass is 9.81. The van der Waals surface area contributed by atoms with Crippen molar-refractivity contribution in [2.45, 2.75) is 39.0 Å². The molecule has 1 aliphatic carbocycles. The highest BCUT2D eigenvalue weighted by atomic mass is 14.6. The van der Waals surface area contributed by atoms with Crippen molar-refractivity contribution >= 4 is 0 Å². The summed E-state index contributed by atoms with van der Waals surface area (Å²) in [6, 6.07) is 0. The Balaban J connectivity index is 2.13. The summed E-state index contributed by atoms with van der Waals surface area (Å²) in [7, 11) is 0. The Morgan fingerprint density at radius 3 is 2.45 bits per heavy atom. The second-order valence-electron chi connectivity index (χ2n) is 3.80. The summed E-state index contributed by atoms with van der Waals surface area (Å²) < 4.78 is 0. The van der Waals surface area contributed by atoms with Crippen LogP contribution in [0.2, 0.25) is 0 Å². The Kier molecular flexibility index (Phi) is 3.42. The van der Waals surface area contributed by atoms with Crippen LogP contribution in [0, 0.1) is 18.4 Å². The van der Waals surface area contributed by atoms with Crippen molar-refractivity contribution in [3.05, 3.63) is 11.4 Å². The summed E-state index contributed by atoms with van der Waals surface area (Å²) in [5.41, 5.74) is 0. The molecule has 0 amide bonds. The fourth-order valence-electron chi connectivity index (χ4n) is 1.86. The molecule has 1 saturated carbocycles. The van der Waals surface area contributed by atoms with Crippen LogP contribution in [0.25, 0.3) is 4.85 Å². The van der Waals surface area contributed by atoms with Gasteiger partial charge in [0.1, 0.15) is 0 Å². The molecule has 0 unspecified atom stereocenters. The molecule has 1 nitrogen and oxygen atoms in total. The minimum absolute atomic E-state index is 0.749. The summed E-state index contributed by atoms with van der Waals surface area (Å²) in [5.74, 6) is 1.82. The molecular formula is C10H17N. The van der Waals surface area contributed by atoms with Gasteiger partial charge in [0.05, 0.1) is 0 Å². The molecule has 0 bridgehead atoms. The second-order valence-corrected chi connectivity index (χ2v) is 3.80. The van der Waals surface area contributed by atoms with Crippen LogP contribution in [0.4, 0.5) is 0 Å². The maximum atomic E-state index is 6.69. The van der Waals surface area contributed by atoms with Crippen LogP contribution in [0.1, 0.15) is 39.0 Å². The van der Waals surface area contributed by atoms with E-state index in [1.165, 1.54) is 25.7 Å². The van der Waals surface area contributed by atoms with Gasteiger partial charge in [-0.15, -0.1) is 0 Å². The predicted octanol–water partition coefficient (Wildman–Crippen LogP) is 3.12. The molecule has 0 spiro atoms. The highest BCUT2D eigenvalue weighted by Crippen LogP contribution is 2.30. The first-order chi connectivity index (χ1) is 5.33. The van der Waals surface area contributed by atoms with Crippen molar-refractivity contribution < 1.29 is 0 Å². The number of hydrogen-bond acceptors (Lipinski definition) is 0. The Morgan fingerprint density at radius 2 is 1.91 bits per heavy atom. The number of hydrogen-bond donors (Lipinski definition) is 0. The summed E-state index contributed by atoms with van der Waals surface area (Å²) in [5, 5.41) is 0. The summed E-state index contributed by atoms with van der Waals surface area (Å²) in [6.07, 6.45) is 6.68. The molecule has 0 radical (unpaired) electrons. The summed E-state index contributed by atoms with van der Waals surface area (Å²) >= 11 is 0. The molecule has 0 aromatic heterocycles. The maximum Gasteiger partial charge on any atom is 0.214 e. The van der Waals surface area contributed by atoms with Gasteiger partial charge in [0.15, 0.2) is 0 Å². The zero-order chi connectivity index (χ0) is 8.10. The highest BCUT2D eigenvalue weighted by Gasteiger charge is 2.18. The topological polar surface area (TPSA) is 4.36 Å². The summed E-state index contributed by atoms with van der Waals surface area (Å²) in [4.78, 5) is 3.40. The first kappa shape index (κ1) is 8.59. The van der Waals surface area contributed by atoms with Gasteiger partial charge in [0.2, 0.25) is 6.54 Å². The van der Waals surface area contributed by atoms with Crippen molar-refractivity contribution in [2.24, 2.45) is 11.8 Å². The van der Waals surface area contributed by atoms with Gasteiger partial charge in [0, 0.05) is 6.42 Å². The van der Waals surface area contributed by atoms with Gasteiger partial charge in [-0.25, -0.2) is 6.57 Å². The minimum Gasteiger partial charge on any atom is -0.317 e. The van der Waals surface area contributed by atoms with Crippen LogP contribution >= 0.6 is 0 Å². The largest absolute Gasteiger partial charge is 0.317 e. The Morgan fingerprint density at radius 1 is 1.27 bits per heavy atom. The molecule has 0 N–H and O–H groups in total. The van der Waals surface area contributed by atoms with Gasteiger partial charge in [-0.05, 0) is 24.7 Å². The smallest absolute Gasteiger partial charge is 0.214 e. The molecule has 0 atom stereocenters. The normalized spacial score (nSPS) is 31.3. The first-order valence-electron chi connectivity index (χ1n) is 4.66. The van der Waals surface area contributed by atoms with Gasteiger partial charge in [-0.3, -0.25) is 0 Å². The lowest BCUT2D eigenvalue weighted by Gasteiger charge is -2.24. The fourth-order valence-corrected chi connectivity index (χ4v) is 1.86. The van der Waals surface area contributed by atoms with Crippen LogP contribution < -0.4 is 0 Å². The van der Waals surface area contributed by atoms with E-state index in [1.807, 2.05) is 0 Å². The van der Waals surface area contributed by atoms with E-state index in [0.29, 0.717) is 0 Å². The van der Waals surface area contributed by atoms with E-state index >= 15 is 0 Å². The monoisotopic (exact) mass is 151 g/mol. The van der Waals surface area contributed by atoms with Crippen molar-refractivity contribution in [2.75, 3.05) is 6.54 Å². The van der Waals surface area contributed by atoms with E-state index in [-0.39, 0.29) is 0 Å². The molecule has 0 aromatic carbocycles. The number of nitrogens with zero attached hydrogens (tertiary/aromatic N) is 1. The zero-order valence-electron chi connectivity index (χ0n) is 7.34. The quantitative estimate of drug-likeness (QED) is 0.534. The summed E-state index contributed by atoms with van der Waals surface area (Å²) in [6.45, 7) is 9.77. The van der Waals surface area contributed by atoms with E-state index in [9.17, 15) is 0 Å². The van der Waals surface area contributed by atoms with E-state index < -0.39 is 0 Å². The third kappa shape index (κ3) is 2.93. The molecule has 1 rings (SSSR count). The molecule has 1 heteroatoms. The van der Waals surface area contributed by atoms with Crippen LogP contribution in [0.3, 0.4) is 0 Å². The SMILES string of the molecule is [C-]#[N+]CCC1CCC(C)CC1. The Hall–Kier alpha value is -0.510. The lowest BCUT2D eigenvalue weighted by molar-refractivity contribution is 0.283. The molecule has 62 valence electrons. The molecule has 0 aliphatic heterocycles. The highest BCUT2D eigenvalue weighted by molar-refractivity contribution is 4.72. The molecule has 0 saturated heterocycles. The number of rotatable bonds is 2.